The Hall–Kier alpha value is -1.93. The molecule has 0 unspecified atom stereocenters. The minimum absolute atomic E-state index is 0.0424. The maximum atomic E-state index is 12.5. The molecule has 0 aliphatic heterocycles. The summed E-state index contributed by atoms with van der Waals surface area (Å²) < 4.78 is 10.8. The average Bonchev–Trinajstić information content (AvgIpc) is 2.52. The number of carbonyl (C=O) groups excluding carboxylic acids is 1. The molecule has 0 aliphatic carbocycles. The van der Waals surface area contributed by atoms with Gasteiger partial charge in [0.25, 0.3) is 5.91 Å². The van der Waals surface area contributed by atoms with Gasteiger partial charge in [0.2, 0.25) is 0 Å². The molecular weight excluding hydrogens is 304 g/mol. The summed E-state index contributed by atoms with van der Waals surface area (Å²) in [5, 5.41) is 9.16. The van der Waals surface area contributed by atoms with Crippen molar-refractivity contribution >= 4 is 17.5 Å². The molecule has 0 N–H and O–H groups in total. The summed E-state index contributed by atoms with van der Waals surface area (Å²) in [7, 11) is 1.50. The van der Waals surface area contributed by atoms with E-state index in [1.54, 1.807) is 12.1 Å². The molecule has 0 fully saturated rings. The van der Waals surface area contributed by atoms with E-state index < -0.39 is 0 Å². The highest BCUT2D eigenvalue weighted by molar-refractivity contribution is 6.32. The van der Waals surface area contributed by atoms with E-state index in [1.165, 1.54) is 12.0 Å². The summed E-state index contributed by atoms with van der Waals surface area (Å²) in [5.74, 6) is 0.605. The molecule has 0 saturated carbocycles. The summed E-state index contributed by atoms with van der Waals surface area (Å²) in [5.41, 5.74) is 0.384. The van der Waals surface area contributed by atoms with Gasteiger partial charge in [-0.05, 0) is 25.0 Å². The van der Waals surface area contributed by atoms with Crippen LogP contribution in [0.15, 0.2) is 12.1 Å². The molecule has 0 atom stereocenters. The standard InChI is InChI=1S/C16H21ClN2O3/c1-4-7-19(8-6-18)16(20)12-10-13(17)15(22-9-5-2)14(11-12)21-3/h10-11H,4-5,7-9H2,1-3H3. The minimum Gasteiger partial charge on any atom is -0.493 e. The van der Waals surface area contributed by atoms with Crippen molar-refractivity contribution in [2.45, 2.75) is 26.7 Å². The number of benzene rings is 1. The molecule has 0 heterocycles. The van der Waals surface area contributed by atoms with E-state index in [0.717, 1.165) is 12.8 Å². The Balaban J connectivity index is 3.12. The first-order valence-electron chi connectivity index (χ1n) is 7.25. The van der Waals surface area contributed by atoms with Crippen LogP contribution in [0.3, 0.4) is 0 Å². The van der Waals surface area contributed by atoms with Crippen molar-refractivity contribution in [2.24, 2.45) is 0 Å². The zero-order valence-electron chi connectivity index (χ0n) is 13.2. The lowest BCUT2D eigenvalue weighted by atomic mass is 10.1. The van der Waals surface area contributed by atoms with Gasteiger partial charge in [0.1, 0.15) is 6.54 Å². The van der Waals surface area contributed by atoms with E-state index in [4.69, 9.17) is 26.3 Å². The van der Waals surface area contributed by atoms with E-state index in [-0.39, 0.29) is 12.5 Å². The molecular formula is C16H21ClN2O3. The first-order valence-corrected chi connectivity index (χ1v) is 7.63. The predicted molar refractivity (Wildman–Crippen MR) is 85.6 cm³/mol. The van der Waals surface area contributed by atoms with E-state index in [1.807, 2.05) is 19.9 Å². The summed E-state index contributed by atoms with van der Waals surface area (Å²) in [6.45, 7) is 5.01. The number of halogens is 1. The highest BCUT2D eigenvalue weighted by Gasteiger charge is 2.19. The number of ether oxygens (including phenoxy) is 2. The van der Waals surface area contributed by atoms with Gasteiger partial charge in [0, 0.05) is 12.1 Å². The van der Waals surface area contributed by atoms with Gasteiger partial charge in [0.15, 0.2) is 11.5 Å². The highest BCUT2D eigenvalue weighted by atomic mass is 35.5. The summed E-state index contributed by atoms with van der Waals surface area (Å²) in [6.07, 6.45) is 1.61. The molecule has 1 rings (SSSR count). The maximum absolute atomic E-state index is 12.5. The second-order valence-corrected chi connectivity index (χ2v) is 5.13. The molecule has 0 aromatic heterocycles. The normalized spacial score (nSPS) is 9.95. The molecule has 0 radical (unpaired) electrons. The average molecular weight is 325 g/mol. The van der Waals surface area contributed by atoms with Gasteiger partial charge in [-0.25, -0.2) is 0 Å². The number of carbonyl (C=O) groups is 1. The van der Waals surface area contributed by atoms with Crippen molar-refractivity contribution < 1.29 is 14.3 Å². The van der Waals surface area contributed by atoms with E-state index in [9.17, 15) is 4.79 Å². The first-order chi connectivity index (χ1) is 10.6. The Bertz CT molecular complexity index is 555. The van der Waals surface area contributed by atoms with Gasteiger partial charge in [-0.1, -0.05) is 25.4 Å². The van der Waals surface area contributed by atoms with Crippen molar-refractivity contribution in [3.8, 4) is 17.6 Å². The Morgan fingerprint density at radius 3 is 2.64 bits per heavy atom. The van der Waals surface area contributed by atoms with Crippen molar-refractivity contribution in [3.05, 3.63) is 22.7 Å². The molecule has 0 bridgehead atoms. The monoisotopic (exact) mass is 324 g/mol. The van der Waals surface area contributed by atoms with Crippen molar-refractivity contribution in [2.75, 3.05) is 26.8 Å². The fourth-order valence-electron chi connectivity index (χ4n) is 1.98. The molecule has 0 spiro atoms. The van der Waals surface area contributed by atoms with Gasteiger partial charge in [-0.3, -0.25) is 4.79 Å². The zero-order chi connectivity index (χ0) is 16.5. The zero-order valence-corrected chi connectivity index (χ0v) is 13.9. The van der Waals surface area contributed by atoms with E-state index in [2.05, 4.69) is 0 Å². The Labute approximate surface area is 136 Å². The van der Waals surface area contributed by atoms with Gasteiger partial charge >= 0.3 is 0 Å². The van der Waals surface area contributed by atoms with Crippen LogP contribution in [0.4, 0.5) is 0 Å². The first kappa shape index (κ1) is 18.1. The third kappa shape index (κ3) is 4.54. The Kier molecular flexibility index (Phi) is 7.55. The predicted octanol–water partition coefficient (Wildman–Crippen LogP) is 3.51. The molecule has 6 heteroatoms. The lowest BCUT2D eigenvalue weighted by Gasteiger charge is -2.20. The van der Waals surface area contributed by atoms with Crippen molar-refractivity contribution in [1.82, 2.24) is 4.90 Å². The molecule has 1 aromatic rings. The van der Waals surface area contributed by atoms with Gasteiger partial charge in [0.05, 0.1) is 24.8 Å². The molecule has 0 aliphatic rings. The van der Waals surface area contributed by atoms with Crippen LogP contribution < -0.4 is 9.47 Å². The molecule has 1 aromatic carbocycles. The smallest absolute Gasteiger partial charge is 0.254 e. The van der Waals surface area contributed by atoms with Gasteiger partial charge in [-0.15, -0.1) is 0 Å². The second-order valence-electron chi connectivity index (χ2n) is 4.72. The fraction of sp³-hybridized carbons (Fsp3) is 0.500. The summed E-state index contributed by atoms with van der Waals surface area (Å²) >= 11 is 6.21. The Morgan fingerprint density at radius 2 is 2.09 bits per heavy atom. The summed E-state index contributed by atoms with van der Waals surface area (Å²) in [4.78, 5) is 14.0. The van der Waals surface area contributed by atoms with Crippen LogP contribution >= 0.6 is 11.6 Å². The number of hydrogen-bond acceptors (Lipinski definition) is 4. The largest absolute Gasteiger partial charge is 0.493 e. The number of methoxy groups -OCH3 is 1. The Morgan fingerprint density at radius 1 is 1.36 bits per heavy atom. The van der Waals surface area contributed by atoms with Crippen molar-refractivity contribution in [1.29, 1.82) is 5.26 Å². The van der Waals surface area contributed by atoms with Gasteiger partial charge in [-0.2, -0.15) is 5.26 Å². The van der Waals surface area contributed by atoms with Crippen LogP contribution in [0.1, 0.15) is 37.0 Å². The van der Waals surface area contributed by atoms with E-state index in [0.29, 0.717) is 35.2 Å². The van der Waals surface area contributed by atoms with Crippen LogP contribution in [-0.4, -0.2) is 37.6 Å². The van der Waals surface area contributed by atoms with Crippen LogP contribution in [0.2, 0.25) is 5.02 Å². The lowest BCUT2D eigenvalue weighted by Crippen LogP contribution is -2.32. The van der Waals surface area contributed by atoms with Crippen LogP contribution in [-0.2, 0) is 0 Å². The minimum atomic E-state index is -0.245. The van der Waals surface area contributed by atoms with Crippen LogP contribution in [0, 0.1) is 11.3 Å². The number of rotatable bonds is 8. The fourth-order valence-corrected chi connectivity index (χ4v) is 2.24. The maximum Gasteiger partial charge on any atom is 0.254 e. The number of amides is 1. The third-order valence-corrected chi connectivity index (χ3v) is 3.25. The lowest BCUT2D eigenvalue weighted by molar-refractivity contribution is 0.0775. The van der Waals surface area contributed by atoms with Crippen LogP contribution in [0.5, 0.6) is 11.5 Å². The molecule has 0 saturated heterocycles. The number of hydrogen-bond donors (Lipinski definition) is 0. The number of nitriles is 1. The highest BCUT2D eigenvalue weighted by Crippen LogP contribution is 2.36. The van der Waals surface area contributed by atoms with E-state index >= 15 is 0 Å². The quantitative estimate of drug-likeness (QED) is 0.686. The van der Waals surface area contributed by atoms with Crippen molar-refractivity contribution in [3.63, 3.8) is 0 Å². The third-order valence-electron chi connectivity index (χ3n) is 2.97. The van der Waals surface area contributed by atoms with Gasteiger partial charge < -0.3 is 14.4 Å². The topological polar surface area (TPSA) is 62.6 Å². The molecule has 1 amide bonds. The SMILES string of the molecule is CCCOc1c(Cl)cc(C(=O)N(CC#N)CCC)cc1OC. The van der Waals surface area contributed by atoms with Crippen LogP contribution in [0.25, 0.3) is 0 Å². The number of nitrogens with zero attached hydrogens (tertiary/aromatic N) is 2. The summed E-state index contributed by atoms with van der Waals surface area (Å²) in [6, 6.07) is 5.15. The second kappa shape index (κ2) is 9.16. The molecule has 120 valence electrons. The molecule has 22 heavy (non-hydrogen) atoms. The molecule has 5 nitrogen and oxygen atoms in total.